The Morgan fingerprint density at radius 1 is 1.27 bits per heavy atom. The molecule has 118 valence electrons. The Bertz CT molecular complexity index is 597. The Balaban J connectivity index is 2.09. The summed E-state index contributed by atoms with van der Waals surface area (Å²) in [6, 6.07) is 14.0. The van der Waals surface area contributed by atoms with E-state index < -0.39 is 0 Å². The topological polar surface area (TPSA) is 49.8 Å². The molecule has 2 aromatic rings. The second kappa shape index (κ2) is 8.08. The number of hydrogen-bond acceptors (Lipinski definition) is 5. The Kier molecular flexibility index (Phi) is 6.12. The molecule has 0 amide bonds. The van der Waals surface area contributed by atoms with E-state index in [1.165, 1.54) is 24.0 Å². The third-order valence-corrected chi connectivity index (χ3v) is 4.62. The summed E-state index contributed by atoms with van der Waals surface area (Å²) in [5, 5.41) is 9.34. The number of thiophene rings is 1. The van der Waals surface area contributed by atoms with Gasteiger partial charge in [0.1, 0.15) is 4.88 Å². The lowest BCUT2D eigenvalue weighted by molar-refractivity contribution is 0.0606. The Labute approximate surface area is 135 Å². The normalized spacial score (nSPS) is 12.4. The Morgan fingerprint density at radius 2 is 2.00 bits per heavy atom. The van der Waals surface area contributed by atoms with Crippen molar-refractivity contribution in [2.75, 3.05) is 20.8 Å². The second-order valence-electron chi connectivity index (χ2n) is 5.11. The summed E-state index contributed by atoms with van der Waals surface area (Å²) in [5.41, 5.74) is 1.18. The molecule has 5 heteroatoms. The summed E-state index contributed by atoms with van der Waals surface area (Å²) in [6.07, 6.45) is 0.676. The predicted molar refractivity (Wildman–Crippen MR) is 88.0 cm³/mol. The molecule has 4 nitrogen and oxygen atoms in total. The number of hydrogen-bond donors (Lipinski definition) is 1. The number of aliphatic hydroxyl groups is 1. The molecule has 1 atom stereocenters. The van der Waals surface area contributed by atoms with Crippen molar-refractivity contribution in [1.29, 1.82) is 0 Å². The number of methoxy groups -OCH3 is 1. The van der Waals surface area contributed by atoms with Gasteiger partial charge < -0.3 is 9.84 Å². The van der Waals surface area contributed by atoms with Crippen molar-refractivity contribution < 1.29 is 14.6 Å². The van der Waals surface area contributed by atoms with Gasteiger partial charge >= 0.3 is 5.97 Å². The molecule has 0 aliphatic carbocycles. The van der Waals surface area contributed by atoms with Crippen LogP contribution >= 0.6 is 11.3 Å². The molecular formula is C17H21NO3S. The first-order chi connectivity index (χ1) is 10.7. The molecule has 1 aromatic heterocycles. The van der Waals surface area contributed by atoms with Crippen molar-refractivity contribution in [2.24, 2.45) is 0 Å². The van der Waals surface area contributed by atoms with Crippen LogP contribution in [-0.4, -0.2) is 36.7 Å². The summed E-state index contributed by atoms with van der Waals surface area (Å²) in [5.74, 6) is -0.297. The number of nitrogens with zero attached hydrogens (tertiary/aromatic N) is 1. The van der Waals surface area contributed by atoms with Gasteiger partial charge in [0, 0.05) is 24.1 Å². The zero-order valence-electron chi connectivity index (χ0n) is 12.9. The fraction of sp³-hybridized carbons (Fsp3) is 0.353. The molecule has 22 heavy (non-hydrogen) atoms. The van der Waals surface area contributed by atoms with Crippen LogP contribution in [0.1, 0.15) is 32.6 Å². The van der Waals surface area contributed by atoms with E-state index in [2.05, 4.69) is 17.0 Å². The lowest BCUT2D eigenvalue weighted by atomic mass is 10.0. The van der Waals surface area contributed by atoms with Crippen LogP contribution in [0.4, 0.5) is 0 Å². The smallest absolute Gasteiger partial charge is 0.348 e. The maximum Gasteiger partial charge on any atom is 0.348 e. The van der Waals surface area contributed by atoms with Crippen molar-refractivity contribution >= 4 is 17.3 Å². The summed E-state index contributed by atoms with van der Waals surface area (Å²) >= 11 is 1.45. The van der Waals surface area contributed by atoms with E-state index in [1.807, 2.05) is 31.3 Å². The van der Waals surface area contributed by atoms with Gasteiger partial charge in [-0.05, 0) is 31.2 Å². The van der Waals surface area contributed by atoms with Crippen LogP contribution in [0.3, 0.4) is 0 Å². The van der Waals surface area contributed by atoms with Gasteiger partial charge in [0.15, 0.2) is 0 Å². The second-order valence-corrected chi connectivity index (χ2v) is 6.28. The fourth-order valence-electron chi connectivity index (χ4n) is 2.47. The van der Waals surface area contributed by atoms with Gasteiger partial charge in [-0.2, -0.15) is 0 Å². The van der Waals surface area contributed by atoms with E-state index in [4.69, 9.17) is 4.74 Å². The molecule has 1 aromatic carbocycles. The van der Waals surface area contributed by atoms with E-state index >= 15 is 0 Å². The number of esters is 1. The zero-order valence-corrected chi connectivity index (χ0v) is 13.7. The first-order valence-corrected chi connectivity index (χ1v) is 8.00. The number of ether oxygens (including phenoxy) is 1. The van der Waals surface area contributed by atoms with Crippen LogP contribution in [0, 0.1) is 0 Å². The van der Waals surface area contributed by atoms with Crippen LogP contribution < -0.4 is 0 Å². The SMILES string of the molecule is COC(=O)c1ccc(CN(C)C(CCO)c2ccccc2)s1. The Morgan fingerprint density at radius 3 is 2.64 bits per heavy atom. The van der Waals surface area contributed by atoms with Gasteiger partial charge in [0.2, 0.25) is 0 Å². The standard InChI is InChI=1S/C17H21NO3S/c1-18(12-14-8-9-16(22-14)17(20)21-2)15(10-11-19)13-6-4-3-5-7-13/h3-9,15,19H,10-12H2,1-2H3. The van der Waals surface area contributed by atoms with Gasteiger partial charge in [0.25, 0.3) is 0 Å². The molecule has 0 saturated heterocycles. The van der Waals surface area contributed by atoms with E-state index in [0.29, 0.717) is 11.3 Å². The minimum absolute atomic E-state index is 0.141. The van der Waals surface area contributed by atoms with Crippen molar-refractivity contribution in [3.63, 3.8) is 0 Å². The maximum atomic E-state index is 11.5. The highest BCUT2D eigenvalue weighted by Crippen LogP contribution is 2.26. The van der Waals surface area contributed by atoms with Crippen LogP contribution in [0.5, 0.6) is 0 Å². The molecule has 2 rings (SSSR count). The average Bonchev–Trinajstić information content (AvgIpc) is 3.01. The number of rotatable bonds is 7. The zero-order chi connectivity index (χ0) is 15.9. The molecule has 0 saturated carbocycles. The van der Waals surface area contributed by atoms with Gasteiger partial charge in [0.05, 0.1) is 7.11 Å². The largest absolute Gasteiger partial charge is 0.465 e. The molecule has 0 fully saturated rings. The lowest BCUT2D eigenvalue weighted by Crippen LogP contribution is -2.24. The number of benzene rings is 1. The molecular weight excluding hydrogens is 298 g/mol. The number of aliphatic hydroxyl groups excluding tert-OH is 1. The minimum Gasteiger partial charge on any atom is -0.465 e. The highest BCUT2D eigenvalue weighted by Gasteiger charge is 2.18. The molecule has 1 N–H and O–H groups in total. The summed E-state index contributed by atoms with van der Waals surface area (Å²) < 4.78 is 4.73. The molecule has 0 spiro atoms. The Hall–Kier alpha value is -1.69. The molecule has 0 aliphatic heterocycles. The molecule has 1 unspecified atom stereocenters. The van der Waals surface area contributed by atoms with E-state index in [9.17, 15) is 9.90 Å². The van der Waals surface area contributed by atoms with Gasteiger partial charge in [-0.3, -0.25) is 4.90 Å². The summed E-state index contributed by atoms with van der Waals surface area (Å²) in [6.45, 7) is 0.864. The van der Waals surface area contributed by atoms with Crippen molar-refractivity contribution in [3.8, 4) is 0 Å². The van der Waals surface area contributed by atoms with Crippen molar-refractivity contribution in [1.82, 2.24) is 4.90 Å². The fourth-order valence-corrected chi connectivity index (χ4v) is 3.46. The summed E-state index contributed by atoms with van der Waals surface area (Å²) in [4.78, 5) is 15.4. The van der Waals surface area contributed by atoms with Crippen LogP contribution in [0.25, 0.3) is 0 Å². The van der Waals surface area contributed by atoms with Crippen molar-refractivity contribution in [3.05, 3.63) is 57.8 Å². The van der Waals surface area contributed by atoms with Gasteiger partial charge in [-0.1, -0.05) is 30.3 Å². The molecule has 0 radical (unpaired) electrons. The lowest BCUT2D eigenvalue weighted by Gasteiger charge is -2.27. The van der Waals surface area contributed by atoms with Crippen molar-refractivity contribution in [2.45, 2.75) is 19.0 Å². The maximum absolute atomic E-state index is 11.5. The number of carbonyl (C=O) groups excluding carboxylic acids is 1. The van der Waals surface area contributed by atoms with Crippen LogP contribution in [0.2, 0.25) is 0 Å². The predicted octanol–water partition coefficient (Wildman–Crippen LogP) is 3.09. The third kappa shape index (κ3) is 4.16. The van der Waals surface area contributed by atoms with Gasteiger partial charge in [-0.15, -0.1) is 11.3 Å². The first-order valence-electron chi connectivity index (χ1n) is 7.18. The first kappa shape index (κ1) is 16.7. The molecule has 0 bridgehead atoms. The van der Waals surface area contributed by atoms with E-state index in [-0.39, 0.29) is 18.6 Å². The molecule has 0 aliphatic rings. The highest BCUT2D eigenvalue weighted by molar-refractivity contribution is 7.13. The minimum atomic E-state index is -0.297. The van der Waals surface area contributed by atoms with Crippen LogP contribution in [-0.2, 0) is 11.3 Å². The average molecular weight is 319 g/mol. The van der Waals surface area contributed by atoms with E-state index in [0.717, 1.165) is 11.4 Å². The quantitative estimate of drug-likeness (QED) is 0.797. The van der Waals surface area contributed by atoms with Gasteiger partial charge in [-0.25, -0.2) is 4.79 Å². The van der Waals surface area contributed by atoms with E-state index in [1.54, 1.807) is 6.07 Å². The summed E-state index contributed by atoms with van der Waals surface area (Å²) in [7, 11) is 3.42. The monoisotopic (exact) mass is 319 g/mol. The van der Waals surface area contributed by atoms with Crippen LogP contribution in [0.15, 0.2) is 42.5 Å². The third-order valence-electron chi connectivity index (χ3n) is 3.57. The number of carbonyl (C=O) groups is 1. The highest BCUT2D eigenvalue weighted by atomic mass is 32.1. The molecule has 1 heterocycles.